The highest BCUT2D eigenvalue weighted by molar-refractivity contribution is 7.92. The van der Waals surface area contributed by atoms with Gasteiger partial charge < -0.3 is 14.4 Å². The van der Waals surface area contributed by atoms with E-state index < -0.39 is 40.7 Å². The van der Waals surface area contributed by atoms with Crippen molar-refractivity contribution < 1.29 is 24.1 Å². The Morgan fingerprint density at radius 1 is 1.18 bits per heavy atom. The van der Waals surface area contributed by atoms with E-state index in [0.717, 1.165) is 12.1 Å². The van der Waals surface area contributed by atoms with Crippen molar-refractivity contribution in [1.29, 1.82) is 0 Å². The van der Waals surface area contributed by atoms with Crippen LogP contribution in [0.2, 0.25) is 0 Å². The number of aromatic nitrogens is 4. The summed E-state index contributed by atoms with van der Waals surface area (Å²) in [5, 5.41) is 0. The number of rotatable bonds is 9. The van der Waals surface area contributed by atoms with Gasteiger partial charge in [0, 0.05) is 62.8 Å². The molecule has 1 N–H and O–H groups in total. The minimum Gasteiger partial charge on any atom is -0.357 e. The standard InChI is InChI=1S/C28H33F2N7O2S/c1-4-14-40(38,39)34-23-7-6-22(29)28(26(23)30)37-17-21(19-15-31-18-32-16-19)27-24(37)8-9-25(33-27)35(3)20-10-12-36(5-2)13-11-20/h6-9,15-18,20,34H,4-5,10-14H2,1-3H3/i2D3,5D2. The highest BCUT2D eigenvalue weighted by Gasteiger charge is 2.25. The Bertz CT molecular complexity index is 1800. The fourth-order valence-corrected chi connectivity index (χ4v) is 6.14. The molecule has 0 saturated carbocycles. The molecule has 0 unspecified atom stereocenters. The van der Waals surface area contributed by atoms with Gasteiger partial charge in [0.15, 0.2) is 5.82 Å². The second-order valence-electron chi connectivity index (χ2n) is 9.70. The van der Waals surface area contributed by atoms with Crippen molar-refractivity contribution in [2.24, 2.45) is 0 Å². The number of hydrogen-bond acceptors (Lipinski definition) is 7. The molecule has 0 spiro atoms. The third-order valence-corrected chi connectivity index (χ3v) is 8.56. The lowest BCUT2D eigenvalue weighted by Gasteiger charge is -2.36. The largest absolute Gasteiger partial charge is 0.357 e. The fraction of sp³-hybridized carbons (Fsp3) is 0.393. The molecule has 0 aliphatic carbocycles. The highest BCUT2D eigenvalue weighted by atomic mass is 32.2. The average Bonchev–Trinajstić information content (AvgIpc) is 3.36. The summed E-state index contributed by atoms with van der Waals surface area (Å²) in [4.78, 5) is 16.3. The molecular formula is C28H33F2N7O2S. The number of piperidine rings is 1. The molecule has 40 heavy (non-hydrogen) atoms. The number of likely N-dealkylation sites (tertiary alicyclic amines) is 1. The minimum atomic E-state index is -3.85. The zero-order valence-electron chi connectivity index (χ0n) is 27.1. The number of pyridine rings is 1. The summed E-state index contributed by atoms with van der Waals surface area (Å²) in [6, 6.07) is 5.32. The van der Waals surface area contributed by atoms with Crippen LogP contribution < -0.4 is 9.62 Å². The Labute approximate surface area is 240 Å². The number of nitrogens with zero attached hydrogens (tertiary/aromatic N) is 6. The Kier molecular flexibility index (Phi) is 6.33. The van der Waals surface area contributed by atoms with Crippen LogP contribution in [0.4, 0.5) is 20.3 Å². The van der Waals surface area contributed by atoms with Crippen molar-refractivity contribution in [1.82, 2.24) is 24.4 Å². The molecule has 0 bridgehead atoms. The van der Waals surface area contributed by atoms with Crippen LogP contribution in [0.3, 0.4) is 0 Å². The van der Waals surface area contributed by atoms with Crippen LogP contribution in [0.5, 0.6) is 0 Å². The maximum Gasteiger partial charge on any atom is 0.232 e. The smallest absolute Gasteiger partial charge is 0.232 e. The Morgan fingerprint density at radius 2 is 1.93 bits per heavy atom. The molecule has 1 fully saturated rings. The van der Waals surface area contributed by atoms with Gasteiger partial charge in [-0.15, -0.1) is 0 Å². The first-order valence-electron chi connectivity index (χ1n) is 15.4. The maximum atomic E-state index is 15.9. The van der Waals surface area contributed by atoms with Gasteiger partial charge >= 0.3 is 0 Å². The highest BCUT2D eigenvalue weighted by Crippen LogP contribution is 2.36. The van der Waals surface area contributed by atoms with E-state index in [1.165, 1.54) is 22.0 Å². The Hall–Kier alpha value is -3.64. The molecule has 0 atom stereocenters. The van der Waals surface area contributed by atoms with E-state index in [4.69, 9.17) is 11.8 Å². The average molecular weight is 575 g/mol. The summed E-state index contributed by atoms with van der Waals surface area (Å²) >= 11 is 0. The lowest BCUT2D eigenvalue weighted by atomic mass is 10.0. The summed E-state index contributed by atoms with van der Waals surface area (Å²) in [5.41, 5.74) is 0.884. The molecule has 212 valence electrons. The van der Waals surface area contributed by atoms with Gasteiger partial charge in [-0.1, -0.05) is 13.8 Å². The Balaban J connectivity index is 1.54. The maximum absolute atomic E-state index is 15.9. The lowest BCUT2D eigenvalue weighted by molar-refractivity contribution is 0.220. The van der Waals surface area contributed by atoms with Gasteiger partial charge in [-0.05, 0) is 50.0 Å². The second kappa shape index (κ2) is 11.5. The molecule has 3 aromatic heterocycles. The van der Waals surface area contributed by atoms with Gasteiger partial charge in [-0.25, -0.2) is 32.2 Å². The number of hydrogen-bond donors (Lipinski definition) is 1. The van der Waals surface area contributed by atoms with E-state index in [0.29, 0.717) is 47.2 Å². The topological polar surface area (TPSA) is 96.2 Å². The van der Waals surface area contributed by atoms with E-state index in [2.05, 4.69) is 14.7 Å². The third-order valence-electron chi connectivity index (χ3n) is 7.08. The van der Waals surface area contributed by atoms with Crippen molar-refractivity contribution in [2.45, 2.75) is 39.1 Å². The predicted octanol–water partition coefficient (Wildman–Crippen LogP) is 4.83. The van der Waals surface area contributed by atoms with E-state index in [1.807, 2.05) is 11.9 Å². The van der Waals surface area contributed by atoms with Crippen LogP contribution in [0.15, 0.2) is 49.2 Å². The molecule has 0 amide bonds. The van der Waals surface area contributed by atoms with E-state index in [-0.39, 0.29) is 30.6 Å². The Morgan fingerprint density at radius 3 is 2.62 bits per heavy atom. The zero-order valence-corrected chi connectivity index (χ0v) is 22.9. The minimum absolute atomic E-state index is 0.0769. The van der Waals surface area contributed by atoms with Crippen LogP contribution in [0.25, 0.3) is 27.8 Å². The summed E-state index contributed by atoms with van der Waals surface area (Å²) in [6.07, 6.45) is 7.23. The van der Waals surface area contributed by atoms with E-state index >= 15 is 8.78 Å². The van der Waals surface area contributed by atoms with Crippen LogP contribution in [-0.2, 0) is 10.0 Å². The number of halogens is 2. The van der Waals surface area contributed by atoms with Crippen LogP contribution >= 0.6 is 0 Å². The molecule has 1 aliphatic rings. The quantitative estimate of drug-likeness (QED) is 0.306. The first-order valence-corrected chi connectivity index (χ1v) is 14.5. The van der Waals surface area contributed by atoms with Gasteiger partial charge in [0.1, 0.15) is 23.6 Å². The van der Waals surface area contributed by atoms with Crippen molar-refractivity contribution in [2.75, 3.05) is 42.0 Å². The molecule has 4 heterocycles. The number of fused-ring (bicyclic) bond motifs is 1. The predicted molar refractivity (Wildman–Crippen MR) is 153 cm³/mol. The molecule has 1 saturated heterocycles. The van der Waals surface area contributed by atoms with Crippen LogP contribution in [0, 0.1) is 11.6 Å². The zero-order chi connectivity index (χ0) is 32.7. The molecule has 12 heteroatoms. The van der Waals surface area contributed by atoms with Gasteiger partial charge in [0.25, 0.3) is 0 Å². The second-order valence-corrected chi connectivity index (χ2v) is 11.5. The summed E-state index contributed by atoms with van der Waals surface area (Å²) in [7, 11) is -2.02. The van der Waals surface area contributed by atoms with Crippen LogP contribution in [0.1, 0.15) is 39.9 Å². The van der Waals surface area contributed by atoms with Gasteiger partial charge in [-0.2, -0.15) is 0 Å². The normalized spacial score (nSPS) is 17.6. The SMILES string of the molecule is [2H]C([2H])([2H])C([2H])([2H])N1CCC(N(C)c2ccc3c(n2)c(-c2cncnc2)cn3-c2c(F)ccc(NS(=O)(=O)CCC)c2F)CC1. The fourth-order valence-electron chi connectivity index (χ4n) is 5.00. The van der Waals surface area contributed by atoms with E-state index in [9.17, 15) is 8.42 Å². The molecule has 4 aromatic rings. The summed E-state index contributed by atoms with van der Waals surface area (Å²) < 4.78 is 98.3. The van der Waals surface area contributed by atoms with Crippen LogP contribution in [-0.4, -0.2) is 71.3 Å². The summed E-state index contributed by atoms with van der Waals surface area (Å²) in [6.45, 7) is -3.07. The molecule has 0 radical (unpaired) electrons. The summed E-state index contributed by atoms with van der Waals surface area (Å²) in [5.74, 6) is -1.69. The molecular weight excluding hydrogens is 536 g/mol. The molecule has 1 aromatic carbocycles. The number of benzene rings is 1. The first kappa shape index (κ1) is 22.1. The third kappa shape index (κ3) is 5.50. The van der Waals surface area contributed by atoms with Crippen molar-refractivity contribution in [3.05, 3.63) is 60.8 Å². The van der Waals surface area contributed by atoms with Gasteiger partial charge in [-0.3, -0.25) is 4.72 Å². The van der Waals surface area contributed by atoms with Crippen molar-refractivity contribution in [3.63, 3.8) is 0 Å². The number of nitrogens with one attached hydrogen (secondary N) is 1. The molecule has 5 rings (SSSR count). The molecule has 9 nitrogen and oxygen atoms in total. The lowest BCUT2D eigenvalue weighted by Crippen LogP contribution is -2.43. The first-order chi connectivity index (χ1) is 21.1. The van der Waals surface area contributed by atoms with Gasteiger partial charge in [0.2, 0.25) is 10.0 Å². The van der Waals surface area contributed by atoms with Crippen molar-refractivity contribution >= 4 is 32.6 Å². The molecule has 1 aliphatic heterocycles. The number of sulfonamides is 1. The van der Waals surface area contributed by atoms with E-state index in [1.54, 1.807) is 31.5 Å². The van der Waals surface area contributed by atoms with Crippen molar-refractivity contribution in [3.8, 4) is 16.8 Å². The monoisotopic (exact) mass is 574 g/mol. The van der Waals surface area contributed by atoms with Gasteiger partial charge in [0.05, 0.1) is 22.5 Å². The number of anilines is 2.